The van der Waals surface area contributed by atoms with Gasteiger partial charge >= 0.3 is 7.82 Å². The molecule has 1 saturated carbocycles. The molecule has 0 amide bonds. The third kappa shape index (κ3) is 8.78. The molecule has 1 aliphatic carbocycles. The molecule has 102 valence electrons. The molecular formula is C12H25O4P. The SMILES string of the molecule is O=P(O)(O)OCCCCCCC1CCCCC1. The molecular weight excluding hydrogens is 239 g/mol. The second-order valence-electron chi connectivity index (χ2n) is 5.03. The summed E-state index contributed by atoms with van der Waals surface area (Å²) in [6.45, 7) is 0.174. The number of phosphoric acid groups is 1. The van der Waals surface area contributed by atoms with E-state index in [1.54, 1.807) is 0 Å². The van der Waals surface area contributed by atoms with Gasteiger partial charge in [0.05, 0.1) is 6.61 Å². The van der Waals surface area contributed by atoms with Crippen molar-refractivity contribution in [1.82, 2.24) is 0 Å². The zero-order valence-corrected chi connectivity index (χ0v) is 11.4. The smallest absolute Gasteiger partial charge is 0.303 e. The van der Waals surface area contributed by atoms with Crippen molar-refractivity contribution in [1.29, 1.82) is 0 Å². The maximum atomic E-state index is 10.4. The lowest BCUT2D eigenvalue weighted by molar-refractivity contribution is 0.193. The van der Waals surface area contributed by atoms with Gasteiger partial charge in [-0.15, -0.1) is 0 Å². The minimum Gasteiger partial charge on any atom is -0.303 e. The van der Waals surface area contributed by atoms with E-state index in [1.165, 1.54) is 44.9 Å². The van der Waals surface area contributed by atoms with Gasteiger partial charge in [0, 0.05) is 0 Å². The Morgan fingerprint density at radius 2 is 1.65 bits per heavy atom. The summed E-state index contributed by atoms with van der Waals surface area (Å²) in [5, 5.41) is 0. The van der Waals surface area contributed by atoms with Crippen LogP contribution in [0.4, 0.5) is 0 Å². The number of rotatable bonds is 8. The van der Waals surface area contributed by atoms with E-state index in [9.17, 15) is 4.57 Å². The van der Waals surface area contributed by atoms with Crippen LogP contribution in [0.1, 0.15) is 64.2 Å². The Labute approximate surface area is 104 Å². The van der Waals surface area contributed by atoms with Crippen LogP contribution in [-0.2, 0) is 9.09 Å². The van der Waals surface area contributed by atoms with Gasteiger partial charge in [-0.25, -0.2) is 4.57 Å². The zero-order chi connectivity index (χ0) is 12.6. The molecule has 0 radical (unpaired) electrons. The van der Waals surface area contributed by atoms with Gasteiger partial charge in [0.1, 0.15) is 0 Å². The Kier molecular flexibility index (Phi) is 7.36. The summed E-state index contributed by atoms with van der Waals surface area (Å²) in [7, 11) is -4.24. The number of unbranched alkanes of at least 4 members (excludes halogenated alkanes) is 3. The lowest BCUT2D eigenvalue weighted by atomic mass is 9.85. The van der Waals surface area contributed by atoms with E-state index in [-0.39, 0.29) is 6.61 Å². The summed E-state index contributed by atoms with van der Waals surface area (Å²) in [6, 6.07) is 0. The molecule has 0 spiro atoms. The van der Waals surface area contributed by atoms with Crippen LogP contribution < -0.4 is 0 Å². The molecule has 2 N–H and O–H groups in total. The van der Waals surface area contributed by atoms with Gasteiger partial charge < -0.3 is 9.79 Å². The first kappa shape index (κ1) is 15.2. The fourth-order valence-corrected chi connectivity index (χ4v) is 2.91. The second-order valence-corrected chi connectivity index (χ2v) is 6.27. The molecule has 17 heavy (non-hydrogen) atoms. The topological polar surface area (TPSA) is 66.8 Å². The normalized spacial score (nSPS) is 18.5. The quantitative estimate of drug-likeness (QED) is 0.519. The number of phosphoric ester groups is 1. The third-order valence-corrected chi connectivity index (χ3v) is 4.01. The maximum Gasteiger partial charge on any atom is 0.469 e. The van der Waals surface area contributed by atoms with Crippen molar-refractivity contribution < 1.29 is 18.9 Å². The first-order valence-corrected chi connectivity index (χ1v) is 8.31. The maximum absolute atomic E-state index is 10.4. The summed E-state index contributed by atoms with van der Waals surface area (Å²) < 4.78 is 14.8. The predicted molar refractivity (Wildman–Crippen MR) is 67.7 cm³/mol. The average Bonchev–Trinajstić information content (AvgIpc) is 2.28. The van der Waals surface area contributed by atoms with Crippen LogP contribution in [0.25, 0.3) is 0 Å². The van der Waals surface area contributed by atoms with Crippen LogP contribution in [-0.4, -0.2) is 16.4 Å². The Bertz CT molecular complexity index is 233. The summed E-state index contributed by atoms with van der Waals surface area (Å²) in [5.74, 6) is 0.940. The van der Waals surface area contributed by atoms with Crippen LogP contribution in [0.5, 0.6) is 0 Å². The lowest BCUT2D eigenvalue weighted by Gasteiger charge is -2.21. The van der Waals surface area contributed by atoms with Crippen molar-refractivity contribution in [2.75, 3.05) is 6.61 Å². The Balaban J connectivity index is 1.85. The average molecular weight is 264 g/mol. The van der Waals surface area contributed by atoms with Crippen molar-refractivity contribution in [3.05, 3.63) is 0 Å². The zero-order valence-electron chi connectivity index (χ0n) is 10.5. The van der Waals surface area contributed by atoms with Crippen molar-refractivity contribution in [3.8, 4) is 0 Å². The molecule has 0 aliphatic heterocycles. The third-order valence-electron chi connectivity index (χ3n) is 3.49. The molecule has 0 aromatic rings. The molecule has 0 aromatic carbocycles. The van der Waals surface area contributed by atoms with E-state index < -0.39 is 7.82 Å². The van der Waals surface area contributed by atoms with Crippen LogP contribution in [0, 0.1) is 5.92 Å². The highest BCUT2D eigenvalue weighted by Crippen LogP contribution is 2.35. The van der Waals surface area contributed by atoms with Gasteiger partial charge in [-0.3, -0.25) is 4.52 Å². The monoisotopic (exact) mass is 264 g/mol. The molecule has 1 aliphatic rings. The van der Waals surface area contributed by atoms with Crippen LogP contribution in [0.15, 0.2) is 0 Å². The summed E-state index contributed by atoms with van der Waals surface area (Å²) in [6.07, 6.45) is 12.5. The van der Waals surface area contributed by atoms with E-state index in [2.05, 4.69) is 4.52 Å². The molecule has 0 bridgehead atoms. The molecule has 0 unspecified atom stereocenters. The largest absolute Gasteiger partial charge is 0.469 e. The first-order valence-electron chi connectivity index (χ1n) is 6.78. The molecule has 0 aromatic heterocycles. The van der Waals surface area contributed by atoms with Gasteiger partial charge in [0.15, 0.2) is 0 Å². The Morgan fingerprint density at radius 3 is 2.29 bits per heavy atom. The van der Waals surface area contributed by atoms with E-state index >= 15 is 0 Å². The molecule has 1 rings (SSSR count). The minimum atomic E-state index is -4.24. The molecule has 4 nitrogen and oxygen atoms in total. The minimum absolute atomic E-state index is 0.174. The van der Waals surface area contributed by atoms with Crippen LogP contribution >= 0.6 is 7.82 Å². The Morgan fingerprint density at radius 1 is 1.00 bits per heavy atom. The lowest BCUT2D eigenvalue weighted by Crippen LogP contribution is -2.05. The molecule has 1 fully saturated rings. The van der Waals surface area contributed by atoms with Gasteiger partial charge in [-0.2, -0.15) is 0 Å². The fraction of sp³-hybridized carbons (Fsp3) is 1.00. The number of hydrogen-bond acceptors (Lipinski definition) is 2. The summed E-state index contributed by atoms with van der Waals surface area (Å²) >= 11 is 0. The highest BCUT2D eigenvalue weighted by Gasteiger charge is 2.13. The number of hydrogen-bond donors (Lipinski definition) is 2. The standard InChI is InChI=1S/C12H25O4P/c13-17(14,15)16-11-7-2-1-4-8-12-9-5-3-6-10-12/h12H,1-11H2,(H2,13,14,15). The van der Waals surface area contributed by atoms with E-state index in [0.29, 0.717) is 0 Å². The van der Waals surface area contributed by atoms with E-state index in [1.807, 2.05) is 0 Å². The first-order chi connectivity index (χ1) is 8.08. The van der Waals surface area contributed by atoms with Gasteiger partial charge in [-0.05, 0) is 12.3 Å². The summed E-state index contributed by atoms with van der Waals surface area (Å²) in [4.78, 5) is 17.0. The van der Waals surface area contributed by atoms with E-state index in [0.717, 1.165) is 25.2 Å². The van der Waals surface area contributed by atoms with Crippen molar-refractivity contribution >= 4 is 7.82 Å². The van der Waals surface area contributed by atoms with Crippen molar-refractivity contribution in [2.24, 2.45) is 5.92 Å². The predicted octanol–water partition coefficient (Wildman–Crippen LogP) is 3.63. The molecule has 0 atom stereocenters. The second kappa shape index (κ2) is 8.25. The molecule has 0 heterocycles. The van der Waals surface area contributed by atoms with Gasteiger partial charge in [0.2, 0.25) is 0 Å². The molecule has 0 saturated heterocycles. The highest BCUT2D eigenvalue weighted by atomic mass is 31.2. The van der Waals surface area contributed by atoms with E-state index in [4.69, 9.17) is 9.79 Å². The van der Waals surface area contributed by atoms with Crippen molar-refractivity contribution in [3.63, 3.8) is 0 Å². The summed E-state index contributed by atoms with van der Waals surface area (Å²) in [5.41, 5.74) is 0. The van der Waals surface area contributed by atoms with Crippen LogP contribution in [0.3, 0.4) is 0 Å². The molecule has 5 heteroatoms. The Hall–Kier alpha value is 0.110. The van der Waals surface area contributed by atoms with Gasteiger partial charge in [0.25, 0.3) is 0 Å². The van der Waals surface area contributed by atoms with Crippen molar-refractivity contribution in [2.45, 2.75) is 64.2 Å². The fourth-order valence-electron chi connectivity index (χ4n) is 2.55. The van der Waals surface area contributed by atoms with Gasteiger partial charge in [-0.1, -0.05) is 57.8 Å². The van der Waals surface area contributed by atoms with Crippen LogP contribution in [0.2, 0.25) is 0 Å². The highest BCUT2D eigenvalue weighted by molar-refractivity contribution is 7.46.